The van der Waals surface area contributed by atoms with Crippen molar-refractivity contribution in [2.45, 2.75) is 12.5 Å². The predicted octanol–water partition coefficient (Wildman–Crippen LogP) is 2.31. The molecule has 0 fully saturated rings. The molecule has 4 rings (SSSR count). The van der Waals surface area contributed by atoms with Crippen molar-refractivity contribution in [1.82, 2.24) is 4.90 Å². The lowest BCUT2D eigenvalue weighted by atomic mass is 9.83. The van der Waals surface area contributed by atoms with Gasteiger partial charge in [-0.2, -0.15) is 0 Å². The van der Waals surface area contributed by atoms with Crippen LogP contribution in [0.25, 0.3) is 0 Å². The van der Waals surface area contributed by atoms with Crippen LogP contribution in [0.1, 0.15) is 12.5 Å². The lowest BCUT2D eigenvalue weighted by Gasteiger charge is -2.38. The van der Waals surface area contributed by atoms with Gasteiger partial charge in [0.2, 0.25) is 0 Å². The van der Waals surface area contributed by atoms with E-state index >= 15 is 0 Å². The molecule has 0 aromatic heterocycles. The molecule has 0 atom stereocenters. The van der Waals surface area contributed by atoms with E-state index in [9.17, 15) is 19.2 Å². The van der Waals surface area contributed by atoms with E-state index in [0.717, 1.165) is 10.5 Å². The Bertz CT molecular complexity index is 1040. The van der Waals surface area contributed by atoms with Gasteiger partial charge in [-0.05, 0) is 42.3 Å². The molecule has 0 N–H and O–H groups in total. The summed E-state index contributed by atoms with van der Waals surface area (Å²) in [6.07, 6.45) is 10.7. The predicted molar refractivity (Wildman–Crippen MR) is 103 cm³/mol. The molecule has 0 radical (unpaired) electrons. The molecule has 6 nitrogen and oxygen atoms in total. The highest BCUT2D eigenvalue weighted by Gasteiger charge is 2.45. The lowest BCUT2D eigenvalue weighted by Crippen LogP contribution is -2.48. The third-order valence-corrected chi connectivity index (χ3v) is 4.97. The van der Waals surface area contributed by atoms with Crippen LogP contribution in [0.15, 0.2) is 84.5 Å². The van der Waals surface area contributed by atoms with Crippen molar-refractivity contribution in [2.75, 3.05) is 4.90 Å². The van der Waals surface area contributed by atoms with Gasteiger partial charge in [-0.1, -0.05) is 30.9 Å². The number of imide groups is 2. The number of hydrogen-bond acceptors (Lipinski definition) is 4. The van der Waals surface area contributed by atoms with Crippen molar-refractivity contribution in [3.05, 3.63) is 90.1 Å². The average Bonchev–Trinajstić information content (AvgIpc) is 3.14. The normalized spacial score (nSPS) is 20.6. The standard InChI is InChI=1S/C22H16N2O4/c1-14-9-11-22(12-10-14,24-20(27)13-15(2)21(24)28)16-3-5-17(6-4-16)23-18(25)7-8-19(23)26/h3-13H,1H2,2H3. The highest BCUT2D eigenvalue weighted by atomic mass is 16.2. The van der Waals surface area contributed by atoms with Crippen molar-refractivity contribution in [3.8, 4) is 0 Å². The molecular weight excluding hydrogens is 356 g/mol. The third-order valence-electron chi connectivity index (χ3n) is 4.97. The van der Waals surface area contributed by atoms with E-state index in [1.54, 1.807) is 55.5 Å². The number of benzene rings is 1. The zero-order valence-corrected chi connectivity index (χ0v) is 15.1. The molecule has 0 saturated carbocycles. The van der Waals surface area contributed by atoms with Gasteiger partial charge in [-0.3, -0.25) is 24.1 Å². The van der Waals surface area contributed by atoms with E-state index < -0.39 is 23.3 Å². The summed E-state index contributed by atoms with van der Waals surface area (Å²) in [6, 6.07) is 6.64. The smallest absolute Gasteiger partial charge is 0.258 e. The van der Waals surface area contributed by atoms with Gasteiger partial charge >= 0.3 is 0 Å². The third kappa shape index (κ3) is 2.50. The topological polar surface area (TPSA) is 74.8 Å². The highest BCUT2D eigenvalue weighted by molar-refractivity contribution is 6.28. The first-order chi connectivity index (χ1) is 13.3. The zero-order chi connectivity index (χ0) is 20.1. The van der Waals surface area contributed by atoms with Crippen molar-refractivity contribution in [1.29, 1.82) is 0 Å². The van der Waals surface area contributed by atoms with Gasteiger partial charge in [0.05, 0.1) is 5.69 Å². The van der Waals surface area contributed by atoms with Crippen molar-refractivity contribution >= 4 is 29.3 Å². The molecule has 138 valence electrons. The summed E-state index contributed by atoms with van der Waals surface area (Å²) in [5, 5.41) is 0. The van der Waals surface area contributed by atoms with E-state index in [0.29, 0.717) is 16.8 Å². The minimum absolute atomic E-state index is 0.367. The van der Waals surface area contributed by atoms with Gasteiger partial charge in [-0.15, -0.1) is 0 Å². The minimum Gasteiger partial charge on any atom is -0.269 e. The first-order valence-electron chi connectivity index (χ1n) is 8.64. The summed E-state index contributed by atoms with van der Waals surface area (Å²) in [5.74, 6) is -1.59. The van der Waals surface area contributed by atoms with Crippen LogP contribution in [-0.2, 0) is 24.7 Å². The molecule has 6 heteroatoms. The maximum atomic E-state index is 12.7. The van der Waals surface area contributed by atoms with Crippen LogP contribution in [0.5, 0.6) is 0 Å². The Morgan fingerprint density at radius 3 is 1.89 bits per heavy atom. The van der Waals surface area contributed by atoms with E-state index in [1.165, 1.54) is 23.1 Å². The lowest BCUT2D eigenvalue weighted by molar-refractivity contribution is -0.141. The molecule has 3 aliphatic rings. The number of allylic oxidation sites excluding steroid dienone is 3. The van der Waals surface area contributed by atoms with Crippen LogP contribution in [0.3, 0.4) is 0 Å². The molecule has 0 spiro atoms. The number of carbonyl (C=O) groups excluding carboxylic acids is 4. The maximum Gasteiger partial charge on any atom is 0.258 e. The number of anilines is 1. The van der Waals surface area contributed by atoms with Gasteiger partial charge in [-0.25, -0.2) is 4.90 Å². The fourth-order valence-corrected chi connectivity index (χ4v) is 3.52. The fraction of sp³-hybridized carbons (Fsp3) is 0.0909. The molecule has 0 bridgehead atoms. The van der Waals surface area contributed by atoms with Crippen molar-refractivity contribution in [2.24, 2.45) is 0 Å². The van der Waals surface area contributed by atoms with E-state index in [4.69, 9.17) is 0 Å². The first kappa shape index (κ1) is 17.6. The molecule has 2 heterocycles. The van der Waals surface area contributed by atoms with Crippen LogP contribution in [0.2, 0.25) is 0 Å². The number of amides is 4. The molecule has 1 aliphatic carbocycles. The van der Waals surface area contributed by atoms with E-state index in [-0.39, 0.29) is 5.91 Å². The number of carbonyl (C=O) groups is 4. The summed E-state index contributed by atoms with van der Waals surface area (Å²) >= 11 is 0. The highest BCUT2D eigenvalue weighted by Crippen LogP contribution is 2.39. The second-order valence-electron chi connectivity index (χ2n) is 6.77. The molecule has 0 saturated heterocycles. The molecule has 0 unspecified atom stereocenters. The summed E-state index contributed by atoms with van der Waals surface area (Å²) in [5.41, 5.74) is 1.06. The summed E-state index contributed by atoms with van der Waals surface area (Å²) in [4.78, 5) is 51.3. The minimum atomic E-state index is -1.11. The summed E-state index contributed by atoms with van der Waals surface area (Å²) < 4.78 is 0. The number of rotatable bonds is 3. The Kier molecular flexibility index (Phi) is 3.85. The largest absolute Gasteiger partial charge is 0.269 e. The Balaban J connectivity index is 1.78. The van der Waals surface area contributed by atoms with Crippen LogP contribution in [-0.4, -0.2) is 28.5 Å². The zero-order valence-electron chi connectivity index (χ0n) is 15.1. The second-order valence-corrected chi connectivity index (χ2v) is 6.77. The molecular formula is C22H16N2O4. The molecule has 4 amide bonds. The average molecular weight is 372 g/mol. The van der Waals surface area contributed by atoms with Crippen LogP contribution in [0, 0.1) is 0 Å². The monoisotopic (exact) mass is 372 g/mol. The Hall–Kier alpha value is -3.80. The van der Waals surface area contributed by atoms with Crippen molar-refractivity contribution in [3.63, 3.8) is 0 Å². The Morgan fingerprint density at radius 2 is 1.39 bits per heavy atom. The quantitative estimate of drug-likeness (QED) is 0.763. The second kappa shape index (κ2) is 6.13. The molecule has 1 aromatic rings. The van der Waals surface area contributed by atoms with E-state index in [2.05, 4.69) is 6.58 Å². The SMILES string of the molecule is C=C1C=CC(c2ccc(N3C(=O)C=CC3=O)cc2)(N2C(=O)C=C(C)C2=O)C=C1. The number of hydrogen-bond donors (Lipinski definition) is 0. The summed E-state index contributed by atoms with van der Waals surface area (Å²) in [7, 11) is 0. The van der Waals surface area contributed by atoms with Gasteiger partial charge in [0.15, 0.2) is 0 Å². The van der Waals surface area contributed by atoms with Crippen LogP contribution < -0.4 is 4.90 Å². The van der Waals surface area contributed by atoms with Crippen molar-refractivity contribution < 1.29 is 19.2 Å². The van der Waals surface area contributed by atoms with Crippen LogP contribution >= 0.6 is 0 Å². The van der Waals surface area contributed by atoms with E-state index in [1.807, 2.05) is 0 Å². The molecule has 28 heavy (non-hydrogen) atoms. The van der Waals surface area contributed by atoms with Crippen LogP contribution in [0.4, 0.5) is 5.69 Å². The van der Waals surface area contributed by atoms with Gasteiger partial charge in [0, 0.05) is 23.8 Å². The van der Waals surface area contributed by atoms with Gasteiger partial charge in [0.25, 0.3) is 23.6 Å². The van der Waals surface area contributed by atoms with Gasteiger partial charge < -0.3 is 0 Å². The Morgan fingerprint density at radius 1 is 0.821 bits per heavy atom. The first-order valence-corrected chi connectivity index (χ1v) is 8.64. The maximum absolute atomic E-state index is 12.7. The summed E-state index contributed by atoms with van der Waals surface area (Å²) in [6.45, 7) is 5.47. The molecule has 2 aliphatic heterocycles. The Labute approximate surface area is 161 Å². The molecule has 1 aromatic carbocycles. The fourth-order valence-electron chi connectivity index (χ4n) is 3.52. The van der Waals surface area contributed by atoms with Gasteiger partial charge in [0.1, 0.15) is 5.54 Å². The number of nitrogens with zero attached hydrogens (tertiary/aromatic N) is 2.